The number of aryl methyl sites for hydroxylation is 1. The van der Waals surface area contributed by atoms with Gasteiger partial charge in [0.15, 0.2) is 0 Å². The van der Waals surface area contributed by atoms with Crippen LogP contribution in [0, 0.1) is 0 Å². The Morgan fingerprint density at radius 2 is 2.21 bits per heavy atom. The zero-order valence-electron chi connectivity index (χ0n) is 11.6. The standard InChI is InChI=1S/C15H22N2O2/c1-3-15(2,19)10-16-13-9-8-11-6-4-5-7-12(11)17-14(13)18/h4-7,13,16,19H,3,8-10H2,1-2H3,(H,17,18). The summed E-state index contributed by atoms with van der Waals surface area (Å²) in [6.45, 7) is 4.14. The lowest BCUT2D eigenvalue weighted by Gasteiger charge is -2.25. The van der Waals surface area contributed by atoms with Gasteiger partial charge in [0.05, 0.1) is 11.6 Å². The highest BCUT2D eigenvalue weighted by molar-refractivity contribution is 5.96. The fourth-order valence-electron chi connectivity index (χ4n) is 2.17. The van der Waals surface area contributed by atoms with Gasteiger partial charge in [0, 0.05) is 12.2 Å². The third kappa shape index (κ3) is 3.55. The van der Waals surface area contributed by atoms with Crippen molar-refractivity contribution in [2.75, 3.05) is 11.9 Å². The minimum absolute atomic E-state index is 0.0168. The van der Waals surface area contributed by atoms with Gasteiger partial charge in [0.1, 0.15) is 0 Å². The molecule has 0 radical (unpaired) electrons. The van der Waals surface area contributed by atoms with E-state index in [2.05, 4.69) is 10.6 Å². The smallest absolute Gasteiger partial charge is 0.241 e. The van der Waals surface area contributed by atoms with Crippen LogP contribution in [0.4, 0.5) is 5.69 Å². The van der Waals surface area contributed by atoms with Crippen LogP contribution in [0.3, 0.4) is 0 Å². The van der Waals surface area contributed by atoms with E-state index < -0.39 is 5.60 Å². The van der Waals surface area contributed by atoms with E-state index in [0.717, 1.165) is 18.5 Å². The number of carbonyl (C=O) groups excluding carboxylic acids is 1. The Labute approximate surface area is 114 Å². The minimum atomic E-state index is -0.764. The first kappa shape index (κ1) is 14.0. The summed E-state index contributed by atoms with van der Waals surface area (Å²) in [6, 6.07) is 7.64. The van der Waals surface area contributed by atoms with E-state index in [0.29, 0.717) is 13.0 Å². The Balaban J connectivity index is 2.01. The summed E-state index contributed by atoms with van der Waals surface area (Å²) in [4.78, 5) is 12.1. The number of rotatable bonds is 4. The van der Waals surface area contributed by atoms with E-state index >= 15 is 0 Å². The molecule has 2 atom stereocenters. The van der Waals surface area contributed by atoms with Gasteiger partial charge in [-0.2, -0.15) is 0 Å². The van der Waals surface area contributed by atoms with Crippen molar-refractivity contribution in [1.29, 1.82) is 0 Å². The fraction of sp³-hybridized carbons (Fsp3) is 0.533. The Morgan fingerprint density at radius 3 is 2.95 bits per heavy atom. The second-order valence-electron chi connectivity index (χ2n) is 5.47. The number of para-hydroxylation sites is 1. The molecule has 4 nitrogen and oxygen atoms in total. The predicted molar refractivity (Wildman–Crippen MR) is 76.1 cm³/mol. The first-order valence-corrected chi connectivity index (χ1v) is 6.86. The number of nitrogens with one attached hydrogen (secondary N) is 2. The van der Waals surface area contributed by atoms with Crippen LogP contribution in [0.25, 0.3) is 0 Å². The monoisotopic (exact) mass is 262 g/mol. The number of fused-ring (bicyclic) bond motifs is 1. The van der Waals surface area contributed by atoms with E-state index in [-0.39, 0.29) is 11.9 Å². The molecule has 19 heavy (non-hydrogen) atoms. The second-order valence-corrected chi connectivity index (χ2v) is 5.47. The highest BCUT2D eigenvalue weighted by Crippen LogP contribution is 2.21. The molecule has 0 aromatic heterocycles. The number of amides is 1. The topological polar surface area (TPSA) is 61.4 Å². The number of hydrogen-bond acceptors (Lipinski definition) is 3. The van der Waals surface area contributed by atoms with Crippen LogP contribution < -0.4 is 10.6 Å². The van der Waals surface area contributed by atoms with Gasteiger partial charge in [-0.1, -0.05) is 25.1 Å². The van der Waals surface area contributed by atoms with E-state index in [1.165, 1.54) is 5.56 Å². The summed E-state index contributed by atoms with van der Waals surface area (Å²) in [6.07, 6.45) is 2.28. The van der Waals surface area contributed by atoms with E-state index in [4.69, 9.17) is 0 Å². The molecule has 2 rings (SSSR count). The molecule has 0 fully saturated rings. The number of anilines is 1. The van der Waals surface area contributed by atoms with Gasteiger partial charge in [-0.25, -0.2) is 0 Å². The van der Waals surface area contributed by atoms with E-state index in [9.17, 15) is 9.90 Å². The zero-order valence-corrected chi connectivity index (χ0v) is 11.6. The zero-order chi connectivity index (χ0) is 13.9. The number of hydrogen-bond donors (Lipinski definition) is 3. The lowest BCUT2D eigenvalue weighted by atomic mass is 10.0. The first-order valence-electron chi connectivity index (χ1n) is 6.86. The van der Waals surface area contributed by atoms with Gasteiger partial charge in [0.25, 0.3) is 0 Å². The third-order valence-electron chi connectivity index (χ3n) is 3.79. The molecule has 4 heteroatoms. The van der Waals surface area contributed by atoms with Crippen LogP contribution in [0.5, 0.6) is 0 Å². The van der Waals surface area contributed by atoms with Crippen LogP contribution in [0.15, 0.2) is 24.3 Å². The normalized spacial score (nSPS) is 22.1. The average Bonchev–Trinajstić information content (AvgIpc) is 2.55. The largest absolute Gasteiger partial charge is 0.389 e. The van der Waals surface area contributed by atoms with Crippen molar-refractivity contribution in [1.82, 2.24) is 5.32 Å². The second kappa shape index (κ2) is 5.72. The SMILES string of the molecule is CCC(C)(O)CNC1CCc2ccccc2NC1=O. The molecule has 104 valence electrons. The van der Waals surface area contributed by atoms with Gasteiger partial charge in [-0.05, 0) is 37.8 Å². The number of carbonyl (C=O) groups is 1. The fourth-order valence-corrected chi connectivity index (χ4v) is 2.17. The van der Waals surface area contributed by atoms with Gasteiger partial charge in [-0.3, -0.25) is 4.79 Å². The van der Waals surface area contributed by atoms with E-state index in [1.807, 2.05) is 31.2 Å². The van der Waals surface area contributed by atoms with Crippen molar-refractivity contribution in [3.8, 4) is 0 Å². The van der Waals surface area contributed by atoms with Crippen molar-refractivity contribution in [2.45, 2.75) is 44.8 Å². The van der Waals surface area contributed by atoms with Crippen LogP contribution in [0.1, 0.15) is 32.3 Å². The quantitative estimate of drug-likeness (QED) is 0.774. The molecular formula is C15H22N2O2. The lowest BCUT2D eigenvalue weighted by Crippen LogP contribution is -2.47. The molecule has 1 aromatic carbocycles. The van der Waals surface area contributed by atoms with Crippen LogP contribution in [-0.2, 0) is 11.2 Å². The molecule has 0 saturated carbocycles. The molecule has 0 bridgehead atoms. The molecular weight excluding hydrogens is 240 g/mol. The Kier molecular flexibility index (Phi) is 4.22. The van der Waals surface area contributed by atoms with Crippen molar-refractivity contribution in [2.24, 2.45) is 0 Å². The maximum atomic E-state index is 12.1. The van der Waals surface area contributed by atoms with Crippen molar-refractivity contribution >= 4 is 11.6 Å². The summed E-state index contributed by atoms with van der Waals surface area (Å²) in [7, 11) is 0. The van der Waals surface area contributed by atoms with Crippen LogP contribution in [0.2, 0.25) is 0 Å². The minimum Gasteiger partial charge on any atom is -0.389 e. The molecule has 1 heterocycles. The van der Waals surface area contributed by atoms with Gasteiger partial charge < -0.3 is 15.7 Å². The summed E-state index contributed by atoms with van der Waals surface area (Å²) in [5.41, 5.74) is 1.31. The Hall–Kier alpha value is -1.39. The molecule has 1 aromatic rings. The number of aliphatic hydroxyl groups is 1. The summed E-state index contributed by atoms with van der Waals surface area (Å²) in [5.74, 6) is -0.0168. The molecule has 1 amide bonds. The number of benzene rings is 1. The van der Waals surface area contributed by atoms with Crippen LogP contribution >= 0.6 is 0 Å². The van der Waals surface area contributed by atoms with Crippen molar-refractivity contribution in [3.63, 3.8) is 0 Å². The van der Waals surface area contributed by atoms with Gasteiger partial charge in [0.2, 0.25) is 5.91 Å². The van der Waals surface area contributed by atoms with Gasteiger partial charge in [-0.15, -0.1) is 0 Å². The molecule has 0 aliphatic carbocycles. The molecule has 0 spiro atoms. The Morgan fingerprint density at radius 1 is 1.47 bits per heavy atom. The molecule has 2 unspecified atom stereocenters. The Bertz CT molecular complexity index is 457. The maximum Gasteiger partial charge on any atom is 0.241 e. The summed E-state index contributed by atoms with van der Waals surface area (Å²) >= 11 is 0. The predicted octanol–water partition coefficient (Wildman–Crippen LogP) is 1.69. The van der Waals surface area contributed by atoms with Crippen molar-refractivity contribution < 1.29 is 9.90 Å². The molecule has 3 N–H and O–H groups in total. The average molecular weight is 262 g/mol. The molecule has 0 saturated heterocycles. The highest BCUT2D eigenvalue weighted by Gasteiger charge is 2.26. The van der Waals surface area contributed by atoms with Gasteiger partial charge >= 0.3 is 0 Å². The summed E-state index contributed by atoms with van der Waals surface area (Å²) < 4.78 is 0. The molecule has 1 aliphatic rings. The highest BCUT2D eigenvalue weighted by atomic mass is 16.3. The molecule has 1 aliphatic heterocycles. The third-order valence-corrected chi connectivity index (χ3v) is 3.79. The lowest BCUT2D eigenvalue weighted by molar-refractivity contribution is -0.118. The maximum absolute atomic E-state index is 12.1. The van der Waals surface area contributed by atoms with E-state index in [1.54, 1.807) is 6.92 Å². The first-order chi connectivity index (χ1) is 9.02. The summed E-state index contributed by atoms with van der Waals surface area (Å²) in [5, 5.41) is 16.1. The van der Waals surface area contributed by atoms with Crippen LogP contribution in [-0.4, -0.2) is 29.2 Å². The van der Waals surface area contributed by atoms with Crippen molar-refractivity contribution in [3.05, 3.63) is 29.8 Å².